The van der Waals surface area contributed by atoms with Gasteiger partial charge in [0.1, 0.15) is 5.70 Å². The number of benzene rings is 4. The Kier molecular flexibility index (Phi) is 9.45. The summed E-state index contributed by atoms with van der Waals surface area (Å²) in [6.07, 6.45) is 1.65. The van der Waals surface area contributed by atoms with Crippen molar-refractivity contribution in [2.45, 2.75) is 4.90 Å². The molecule has 6 rings (SSSR count). The number of thiazole rings is 1. The lowest BCUT2D eigenvalue weighted by Crippen LogP contribution is -2.30. The van der Waals surface area contributed by atoms with Crippen LogP contribution in [-0.2, 0) is 9.59 Å². The second-order valence-electron chi connectivity index (χ2n) is 9.81. The van der Waals surface area contributed by atoms with Crippen molar-refractivity contribution in [2.24, 2.45) is 0 Å². The van der Waals surface area contributed by atoms with Gasteiger partial charge >= 0.3 is 0 Å². The van der Waals surface area contributed by atoms with Gasteiger partial charge in [0, 0.05) is 32.0 Å². The first-order chi connectivity index (χ1) is 22.0. The highest BCUT2D eigenvalue weighted by Gasteiger charge is 2.16. The summed E-state index contributed by atoms with van der Waals surface area (Å²) in [5.74, 6) is -0.857. The minimum atomic E-state index is -0.460. The summed E-state index contributed by atoms with van der Waals surface area (Å²) >= 11 is 4.18. The van der Waals surface area contributed by atoms with Gasteiger partial charge in [0.2, 0.25) is 5.91 Å². The number of rotatable bonds is 10. The molecule has 0 spiro atoms. The molecule has 0 unspecified atom stereocenters. The smallest absolute Gasteiger partial charge is 0.272 e. The van der Waals surface area contributed by atoms with E-state index in [4.69, 9.17) is 0 Å². The Labute approximate surface area is 272 Å². The average molecular weight is 647 g/mol. The lowest BCUT2D eigenvalue weighted by Gasteiger charge is -2.12. The van der Waals surface area contributed by atoms with E-state index in [1.54, 1.807) is 48.5 Å². The first kappa shape index (κ1) is 30.0. The van der Waals surface area contributed by atoms with E-state index in [9.17, 15) is 14.4 Å². The van der Waals surface area contributed by atoms with Gasteiger partial charge in [-0.1, -0.05) is 66.7 Å². The molecule has 45 heavy (non-hydrogen) atoms. The Morgan fingerprint density at radius 1 is 0.778 bits per heavy atom. The number of carbonyl (C=O) groups is 3. The lowest BCUT2D eigenvalue weighted by atomic mass is 10.1. The zero-order valence-corrected chi connectivity index (χ0v) is 26.2. The van der Waals surface area contributed by atoms with Gasteiger partial charge in [-0.15, -0.1) is 34.4 Å². The van der Waals surface area contributed by atoms with E-state index in [0.29, 0.717) is 16.4 Å². The number of nitrogens with one attached hydrogen (secondary N) is 3. The number of thiophene rings is 1. The first-order valence-corrected chi connectivity index (χ1v) is 16.6. The van der Waals surface area contributed by atoms with Crippen LogP contribution in [0.1, 0.15) is 15.2 Å². The molecule has 0 atom stereocenters. The summed E-state index contributed by atoms with van der Waals surface area (Å²) in [5, 5.41) is 15.2. The molecule has 0 fully saturated rings. The second kappa shape index (κ2) is 14.2. The third-order valence-corrected chi connectivity index (χ3v) is 9.19. The standard InChI is InChI=1S/C35H26N4O3S3/c40-32(39-35-38-31(21-45-35)26-16-15-23-8-4-5-11-25(23)18-26)22-44-28-13-6-12-27(19-28)36-34(42)30(20-29-14-7-17-43-29)37-33(41)24-9-2-1-3-10-24/h1-21H,22H2,(H,36,42)(H,37,41)(H,38,39,40)/b30-20-. The highest BCUT2D eigenvalue weighted by atomic mass is 32.2. The van der Waals surface area contributed by atoms with Crippen LogP contribution in [0.5, 0.6) is 0 Å². The van der Waals surface area contributed by atoms with Gasteiger partial charge in [-0.3, -0.25) is 14.4 Å². The maximum atomic E-state index is 13.3. The van der Waals surface area contributed by atoms with Gasteiger partial charge in [0.15, 0.2) is 5.13 Å². The molecule has 0 saturated heterocycles. The Bertz CT molecular complexity index is 2000. The number of hydrogen-bond acceptors (Lipinski definition) is 7. The SMILES string of the molecule is O=C(CSc1cccc(NC(=O)/C(=C/c2cccs2)NC(=O)c2ccccc2)c1)Nc1nc(-c2ccc3ccccc3c2)cs1. The first-order valence-electron chi connectivity index (χ1n) is 13.9. The molecule has 222 valence electrons. The monoisotopic (exact) mass is 646 g/mol. The van der Waals surface area contributed by atoms with Crippen LogP contribution in [0.25, 0.3) is 28.1 Å². The third kappa shape index (κ3) is 7.93. The van der Waals surface area contributed by atoms with Crippen LogP contribution in [0.3, 0.4) is 0 Å². The molecule has 2 heterocycles. The molecule has 4 aromatic carbocycles. The molecule has 7 nitrogen and oxygen atoms in total. The summed E-state index contributed by atoms with van der Waals surface area (Å²) < 4.78 is 0. The van der Waals surface area contributed by atoms with Crippen molar-refractivity contribution >= 4 is 79.8 Å². The molecular weight excluding hydrogens is 621 g/mol. The van der Waals surface area contributed by atoms with Gasteiger partial charge in [-0.05, 0) is 64.7 Å². The Hall–Kier alpha value is -5.03. The van der Waals surface area contributed by atoms with E-state index in [0.717, 1.165) is 31.8 Å². The number of anilines is 2. The number of amides is 3. The Balaban J connectivity index is 1.07. The lowest BCUT2D eigenvalue weighted by molar-refractivity contribution is -0.114. The van der Waals surface area contributed by atoms with E-state index in [2.05, 4.69) is 45.2 Å². The van der Waals surface area contributed by atoms with E-state index >= 15 is 0 Å². The van der Waals surface area contributed by atoms with E-state index < -0.39 is 5.91 Å². The summed E-state index contributed by atoms with van der Waals surface area (Å²) in [7, 11) is 0. The Morgan fingerprint density at radius 3 is 2.42 bits per heavy atom. The molecule has 6 aromatic rings. The largest absolute Gasteiger partial charge is 0.321 e. The van der Waals surface area contributed by atoms with Gasteiger partial charge in [-0.25, -0.2) is 4.98 Å². The molecule has 0 saturated carbocycles. The van der Waals surface area contributed by atoms with E-state index in [-0.39, 0.29) is 23.3 Å². The minimum Gasteiger partial charge on any atom is -0.321 e. The van der Waals surface area contributed by atoms with Crippen LogP contribution in [0, 0.1) is 0 Å². The van der Waals surface area contributed by atoms with Crippen molar-refractivity contribution in [1.29, 1.82) is 0 Å². The van der Waals surface area contributed by atoms with Gasteiger partial charge < -0.3 is 16.0 Å². The summed E-state index contributed by atoms with van der Waals surface area (Å²) in [6, 6.07) is 34.0. The highest BCUT2D eigenvalue weighted by molar-refractivity contribution is 8.00. The van der Waals surface area contributed by atoms with Gasteiger partial charge in [0.05, 0.1) is 11.4 Å². The maximum Gasteiger partial charge on any atom is 0.272 e. The van der Waals surface area contributed by atoms with Crippen molar-refractivity contribution in [1.82, 2.24) is 10.3 Å². The minimum absolute atomic E-state index is 0.121. The van der Waals surface area contributed by atoms with Gasteiger partial charge in [0.25, 0.3) is 11.8 Å². The molecule has 3 N–H and O–H groups in total. The molecule has 3 amide bonds. The summed E-state index contributed by atoms with van der Waals surface area (Å²) in [5.41, 5.74) is 2.91. The van der Waals surface area contributed by atoms with Crippen LogP contribution >= 0.6 is 34.4 Å². The fourth-order valence-electron chi connectivity index (χ4n) is 4.44. The van der Waals surface area contributed by atoms with Gasteiger partial charge in [-0.2, -0.15) is 0 Å². The molecule has 2 aromatic heterocycles. The van der Waals surface area contributed by atoms with Crippen molar-refractivity contribution in [2.75, 3.05) is 16.4 Å². The van der Waals surface area contributed by atoms with Crippen molar-refractivity contribution < 1.29 is 14.4 Å². The van der Waals surface area contributed by atoms with E-state index in [1.807, 2.05) is 53.2 Å². The molecule has 0 aliphatic carbocycles. The zero-order chi connectivity index (χ0) is 31.0. The number of fused-ring (bicyclic) bond motifs is 1. The quantitative estimate of drug-likeness (QED) is 0.103. The second-order valence-corrected chi connectivity index (χ2v) is 12.7. The molecule has 0 radical (unpaired) electrons. The van der Waals surface area contributed by atoms with Crippen molar-refractivity contribution in [3.63, 3.8) is 0 Å². The normalized spacial score (nSPS) is 11.2. The molecular formula is C35H26N4O3S3. The average Bonchev–Trinajstić information content (AvgIpc) is 3.76. The maximum absolute atomic E-state index is 13.3. The highest BCUT2D eigenvalue weighted by Crippen LogP contribution is 2.28. The number of carbonyl (C=O) groups excluding carboxylic acids is 3. The topological polar surface area (TPSA) is 100 Å². The van der Waals surface area contributed by atoms with E-state index in [1.165, 1.54) is 34.4 Å². The van der Waals surface area contributed by atoms with Crippen molar-refractivity contribution in [3.05, 3.63) is 136 Å². The molecule has 0 aliphatic rings. The molecule has 10 heteroatoms. The predicted octanol–water partition coefficient (Wildman–Crippen LogP) is 8.17. The summed E-state index contributed by atoms with van der Waals surface area (Å²) in [4.78, 5) is 45.1. The van der Waals surface area contributed by atoms with Crippen LogP contribution in [-0.4, -0.2) is 28.5 Å². The van der Waals surface area contributed by atoms with Crippen LogP contribution in [0.4, 0.5) is 10.8 Å². The number of thioether (sulfide) groups is 1. The fraction of sp³-hybridized carbons (Fsp3) is 0.0286. The number of aromatic nitrogens is 1. The van der Waals surface area contributed by atoms with Crippen LogP contribution in [0.2, 0.25) is 0 Å². The van der Waals surface area contributed by atoms with Crippen molar-refractivity contribution in [3.8, 4) is 11.3 Å². The third-order valence-electron chi connectivity index (χ3n) is 6.62. The Morgan fingerprint density at radius 2 is 1.60 bits per heavy atom. The van der Waals surface area contributed by atoms with Crippen LogP contribution in [0.15, 0.2) is 131 Å². The zero-order valence-electron chi connectivity index (χ0n) is 23.7. The summed E-state index contributed by atoms with van der Waals surface area (Å²) in [6.45, 7) is 0. The molecule has 0 bridgehead atoms. The number of nitrogens with zero attached hydrogens (tertiary/aromatic N) is 1. The fourth-order valence-corrected chi connectivity index (χ4v) is 6.58. The number of hydrogen-bond donors (Lipinski definition) is 3. The molecule has 0 aliphatic heterocycles. The predicted molar refractivity (Wildman–Crippen MR) is 186 cm³/mol. The van der Waals surface area contributed by atoms with Crippen LogP contribution < -0.4 is 16.0 Å².